The molecule has 0 unspecified atom stereocenters. The van der Waals surface area contributed by atoms with Crippen molar-refractivity contribution in [2.45, 2.75) is 20.3 Å². The van der Waals surface area contributed by atoms with Gasteiger partial charge in [0.25, 0.3) is 0 Å². The Morgan fingerprint density at radius 1 is 1.07 bits per heavy atom. The number of fused-ring (bicyclic) bond motifs is 1. The van der Waals surface area contributed by atoms with E-state index in [0.29, 0.717) is 6.54 Å². The quantitative estimate of drug-likeness (QED) is 0.461. The smallest absolute Gasteiger partial charge is 0.234 e. The molecule has 0 aliphatic rings. The molecule has 0 fully saturated rings. The van der Waals surface area contributed by atoms with Crippen LogP contribution in [0.25, 0.3) is 20.8 Å². The number of para-hydroxylation sites is 1. The van der Waals surface area contributed by atoms with Gasteiger partial charge in [-0.15, -0.1) is 11.3 Å². The SMILES string of the molecule is CCN(C(=O)Cc1csc(-c2ccc(C)cc2)n1)c1nc2ccccc2s1. The van der Waals surface area contributed by atoms with Gasteiger partial charge in [-0.1, -0.05) is 53.3 Å². The van der Waals surface area contributed by atoms with Crippen LogP contribution in [0.1, 0.15) is 18.2 Å². The van der Waals surface area contributed by atoms with Crippen LogP contribution in [0.4, 0.5) is 5.13 Å². The molecule has 0 N–H and O–H groups in total. The Bertz CT molecular complexity index is 1050. The maximum Gasteiger partial charge on any atom is 0.234 e. The first kappa shape index (κ1) is 17.8. The van der Waals surface area contributed by atoms with Gasteiger partial charge in [0, 0.05) is 17.5 Å². The molecule has 1 amide bonds. The molecule has 0 atom stereocenters. The number of aryl methyl sites for hydroxylation is 1. The molecule has 0 aliphatic carbocycles. The van der Waals surface area contributed by atoms with Crippen LogP contribution < -0.4 is 4.90 Å². The normalized spacial score (nSPS) is 11.0. The first-order valence-corrected chi connectivity index (χ1v) is 10.5. The largest absolute Gasteiger partial charge is 0.288 e. The van der Waals surface area contributed by atoms with Crippen molar-refractivity contribution in [3.8, 4) is 10.6 Å². The lowest BCUT2D eigenvalue weighted by atomic mass is 10.2. The van der Waals surface area contributed by atoms with Crippen LogP contribution in [0.15, 0.2) is 53.9 Å². The summed E-state index contributed by atoms with van der Waals surface area (Å²) in [6, 6.07) is 16.3. The summed E-state index contributed by atoms with van der Waals surface area (Å²) in [6.07, 6.45) is 0.284. The highest BCUT2D eigenvalue weighted by molar-refractivity contribution is 7.22. The first-order valence-electron chi connectivity index (χ1n) is 8.81. The maximum atomic E-state index is 12.9. The number of likely N-dealkylation sites (N-methyl/N-ethyl adjacent to an activating group) is 1. The van der Waals surface area contributed by atoms with Gasteiger partial charge in [0.2, 0.25) is 5.91 Å². The van der Waals surface area contributed by atoms with Crippen molar-refractivity contribution in [1.82, 2.24) is 9.97 Å². The molecule has 4 rings (SSSR count). The third kappa shape index (κ3) is 3.77. The monoisotopic (exact) mass is 393 g/mol. The van der Waals surface area contributed by atoms with Gasteiger partial charge in [0.15, 0.2) is 5.13 Å². The molecule has 136 valence electrons. The van der Waals surface area contributed by atoms with Gasteiger partial charge in [-0.25, -0.2) is 9.97 Å². The molecule has 0 spiro atoms. The molecule has 0 bridgehead atoms. The maximum absolute atomic E-state index is 12.9. The number of nitrogens with zero attached hydrogens (tertiary/aromatic N) is 3. The van der Waals surface area contributed by atoms with E-state index >= 15 is 0 Å². The lowest BCUT2D eigenvalue weighted by Crippen LogP contribution is -2.31. The summed E-state index contributed by atoms with van der Waals surface area (Å²) in [5.74, 6) is 0.0253. The molecule has 0 radical (unpaired) electrons. The number of anilines is 1. The van der Waals surface area contributed by atoms with Crippen LogP contribution in [0, 0.1) is 6.92 Å². The standard InChI is InChI=1S/C21H19N3OS2/c1-3-24(21-23-17-6-4-5-7-18(17)27-21)19(25)12-16-13-26-20(22-16)15-10-8-14(2)9-11-15/h4-11,13H,3,12H2,1-2H3. The zero-order valence-corrected chi connectivity index (χ0v) is 16.8. The van der Waals surface area contributed by atoms with Gasteiger partial charge in [-0.2, -0.15) is 0 Å². The molecule has 6 heteroatoms. The fourth-order valence-corrected chi connectivity index (χ4v) is 4.73. The molecule has 27 heavy (non-hydrogen) atoms. The number of carbonyl (C=O) groups is 1. The number of amides is 1. The van der Waals surface area contributed by atoms with Gasteiger partial charge < -0.3 is 0 Å². The van der Waals surface area contributed by atoms with E-state index in [2.05, 4.69) is 41.2 Å². The number of aromatic nitrogens is 2. The van der Waals surface area contributed by atoms with E-state index in [4.69, 9.17) is 0 Å². The van der Waals surface area contributed by atoms with Crippen molar-refractivity contribution in [3.63, 3.8) is 0 Å². The van der Waals surface area contributed by atoms with Crippen LogP contribution in [-0.2, 0) is 11.2 Å². The zero-order valence-electron chi connectivity index (χ0n) is 15.2. The Morgan fingerprint density at radius 2 is 1.85 bits per heavy atom. The zero-order chi connectivity index (χ0) is 18.8. The molecule has 0 saturated heterocycles. The van der Waals surface area contributed by atoms with Crippen molar-refractivity contribution in [2.75, 3.05) is 11.4 Å². The second kappa shape index (κ2) is 7.58. The lowest BCUT2D eigenvalue weighted by molar-refractivity contribution is -0.118. The molecular weight excluding hydrogens is 374 g/mol. The fraction of sp³-hybridized carbons (Fsp3) is 0.190. The summed E-state index contributed by atoms with van der Waals surface area (Å²) in [5.41, 5.74) is 4.04. The number of rotatable bonds is 5. The summed E-state index contributed by atoms with van der Waals surface area (Å²) in [5, 5.41) is 3.66. The molecule has 4 nitrogen and oxygen atoms in total. The summed E-state index contributed by atoms with van der Waals surface area (Å²) in [7, 11) is 0. The number of thiazole rings is 2. The minimum absolute atomic E-state index is 0.0253. The van der Waals surface area contributed by atoms with Gasteiger partial charge >= 0.3 is 0 Å². The van der Waals surface area contributed by atoms with Crippen molar-refractivity contribution in [1.29, 1.82) is 0 Å². The Hall–Kier alpha value is -2.57. The summed E-state index contributed by atoms with van der Waals surface area (Å²) >= 11 is 3.12. The van der Waals surface area contributed by atoms with Crippen molar-refractivity contribution in [3.05, 3.63) is 65.2 Å². The van der Waals surface area contributed by atoms with Crippen LogP contribution in [0.5, 0.6) is 0 Å². The Kier molecular flexibility index (Phi) is 5.01. The Labute approximate surface area is 166 Å². The highest BCUT2D eigenvalue weighted by Gasteiger charge is 2.19. The molecule has 4 aromatic rings. The van der Waals surface area contributed by atoms with Crippen LogP contribution in [-0.4, -0.2) is 22.4 Å². The van der Waals surface area contributed by atoms with E-state index in [-0.39, 0.29) is 12.3 Å². The second-order valence-corrected chi connectivity index (χ2v) is 8.16. The van der Waals surface area contributed by atoms with Crippen LogP contribution >= 0.6 is 22.7 Å². The van der Waals surface area contributed by atoms with Crippen LogP contribution in [0.3, 0.4) is 0 Å². The van der Waals surface area contributed by atoms with Gasteiger partial charge in [-0.3, -0.25) is 9.69 Å². The second-order valence-electron chi connectivity index (χ2n) is 6.29. The van der Waals surface area contributed by atoms with Crippen molar-refractivity contribution < 1.29 is 4.79 Å². The number of hydrogen-bond acceptors (Lipinski definition) is 5. The molecule has 2 heterocycles. The summed E-state index contributed by atoms with van der Waals surface area (Å²) < 4.78 is 1.09. The predicted molar refractivity (Wildman–Crippen MR) is 114 cm³/mol. The molecule has 2 aromatic carbocycles. The Morgan fingerprint density at radius 3 is 2.59 bits per heavy atom. The van der Waals surface area contributed by atoms with E-state index in [1.807, 2.05) is 36.6 Å². The minimum atomic E-state index is 0.0253. The van der Waals surface area contributed by atoms with Gasteiger partial charge in [-0.05, 0) is 26.0 Å². The highest BCUT2D eigenvalue weighted by Crippen LogP contribution is 2.29. The van der Waals surface area contributed by atoms with Crippen molar-refractivity contribution in [2.24, 2.45) is 0 Å². The van der Waals surface area contributed by atoms with Crippen molar-refractivity contribution >= 4 is 43.9 Å². The molecule has 0 aliphatic heterocycles. The highest BCUT2D eigenvalue weighted by atomic mass is 32.1. The van der Waals surface area contributed by atoms with Gasteiger partial charge in [0.1, 0.15) is 5.01 Å². The topological polar surface area (TPSA) is 46.1 Å². The van der Waals surface area contributed by atoms with E-state index < -0.39 is 0 Å². The number of carbonyl (C=O) groups excluding carboxylic acids is 1. The molecule has 2 aromatic heterocycles. The van der Waals surface area contributed by atoms with E-state index in [9.17, 15) is 4.79 Å². The number of hydrogen-bond donors (Lipinski definition) is 0. The van der Waals surface area contributed by atoms with E-state index in [1.165, 1.54) is 5.56 Å². The first-order chi connectivity index (χ1) is 13.1. The third-order valence-electron chi connectivity index (χ3n) is 4.31. The minimum Gasteiger partial charge on any atom is -0.288 e. The Balaban J connectivity index is 1.53. The molecular formula is C21H19N3OS2. The third-order valence-corrected chi connectivity index (χ3v) is 6.31. The van der Waals surface area contributed by atoms with E-state index in [0.717, 1.165) is 31.6 Å². The van der Waals surface area contributed by atoms with Crippen LogP contribution in [0.2, 0.25) is 0 Å². The number of benzene rings is 2. The molecule has 0 saturated carbocycles. The lowest BCUT2D eigenvalue weighted by Gasteiger charge is -2.16. The average molecular weight is 394 g/mol. The van der Waals surface area contributed by atoms with Gasteiger partial charge in [0.05, 0.1) is 22.3 Å². The average Bonchev–Trinajstić information content (AvgIpc) is 3.30. The predicted octanol–water partition coefficient (Wildman–Crippen LogP) is 5.32. The van der Waals surface area contributed by atoms with E-state index in [1.54, 1.807) is 27.6 Å². The summed E-state index contributed by atoms with van der Waals surface area (Å²) in [4.78, 5) is 23.9. The fourth-order valence-electron chi connectivity index (χ4n) is 2.86. The summed E-state index contributed by atoms with van der Waals surface area (Å²) in [6.45, 7) is 4.63.